The third-order valence-electron chi connectivity index (χ3n) is 6.63. The number of anilines is 2. The first-order chi connectivity index (χ1) is 15.1. The van der Waals surface area contributed by atoms with Gasteiger partial charge in [0.05, 0.1) is 17.2 Å². The first-order valence-corrected chi connectivity index (χ1v) is 11.4. The largest absolute Gasteiger partial charge is 0.368 e. The molecule has 3 aromatic rings. The normalized spacial score (nSPS) is 17.8. The fourth-order valence-corrected chi connectivity index (χ4v) is 4.77. The highest BCUT2D eigenvalue weighted by Crippen LogP contribution is 2.29. The number of rotatable bonds is 4. The van der Waals surface area contributed by atoms with Crippen LogP contribution in [0.5, 0.6) is 0 Å². The van der Waals surface area contributed by atoms with Gasteiger partial charge in [0.25, 0.3) is 5.56 Å². The predicted octanol–water partition coefficient (Wildman–Crippen LogP) is 3.75. The molecule has 1 aromatic carbocycles. The summed E-state index contributed by atoms with van der Waals surface area (Å²) in [6.45, 7) is 7.87. The zero-order valence-corrected chi connectivity index (χ0v) is 18.4. The molecule has 1 saturated heterocycles. The maximum atomic E-state index is 13.0. The van der Waals surface area contributed by atoms with Crippen LogP contribution < -0.4 is 15.4 Å². The molecule has 0 amide bonds. The number of hydrogen-bond acceptors (Lipinski definition) is 6. The summed E-state index contributed by atoms with van der Waals surface area (Å²) in [5, 5.41) is 0.721. The van der Waals surface area contributed by atoms with Gasteiger partial charge < -0.3 is 9.80 Å². The van der Waals surface area contributed by atoms with Crippen molar-refractivity contribution < 1.29 is 0 Å². The topological polar surface area (TPSA) is 67.2 Å². The number of fused-ring (bicyclic) bond motifs is 1. The first-order valence-electron chi connectivity index (χ1n) is 11.4. The number of hydrogen-bond donors (Lipinski definition) is 0. The van der Waals surface area contributed by atoms with Crippen LogP contribution >= 0.6 is 0 Å². The first kappa shape index (κ1) is 20.0. The highest BCUT2D eigenvalue weighted by atomic mass is 16.1. The lowest BCUT2D eigenvalue weighted by Crippen LogP contribution is -2.47. The second-order valence-corrected chi connectivity index (χ2v) is 9.00. The van der Waals surface area contributed by atoms with Crippen molar-refractivity contribution in [3.63, 3.8) is 0 Å². The summed E-state index contributed by atoms with van der Waals surface area (Å²) in [4.78, 5) is 31.4. The number of piperazine rings is 1. The zero-order valence-electron chi connectivity index (χ0n) is 18.4. The molecule has 0 radical (unpaired) electrons. The molecule has 5 rings (SSSR count). The molecule has 1 aliphatic carbocycles. The van der Waals surface area contributed by atoms with Crippen LogP contribution in [0, 0.1) is 0 Å². The van der Waals surface area contributed by atoms with Crippen molar-refractivity contribution >= 4 is 22.4 Å². The van der Waals surface area contributed by atoms with Gasteiger partial charge in [-0.3, -0.25) is 9.36 Å². The van der Waals surface area contributed by atoms with Gasteiger partial charge in [-0.25, -0.2) is 15.0 Å². The maximum absolute atomic E-state index is 13.0. The third kappa shape index (κ3) is 3.89. The van der Waals surface area contributed by atoms with Crippen LogP contribution in [0.3, 0.4) is 0 Å². The van der Waals surface area contributed by atoms with Gasteiger partial charge in [-0.2, -0.15) is 0 Å². The van der Waals surface area contributed by atoms with Crippen LogP contribution in [-0.4, -0.2) is 45.7 Å². The molecule has 1 aliphatic heterocycles. The Labute approximate surface area is 182 Å². The minimum Gasteiger partial charge on any atom is -0.368 e. The van der Waals surface area contributed by atoms with Crippen molar-refractivity contribution in [3.05, 3.63) is 53.0 Å². The van der Waals surface area contributed by atoms with Gasteiger partial charge in [-0.05, 0) is 37.1 Å². The van der Waals surface area contributed by atoms with Crippen LogP contribution in [-0.2, 0) is 0 Å². The molecule has 2 fully saturated rings. The van der Waals surface area contributed by atoms with E-state index < -0.39 is 0 Å². The Balaban J connectivity index is 1.32. The second kappa shape index (κ2) is 8.29. The van der Waals surface area contributed by atoms with E-state index in [1.165, 1.54) is 12.8 Å². The van der Waals surface area contributed by atoms with Gasteiger partial charge in [0.1, 0.15) is 11.6 Å². The smallest absolute Gasteiger partial charge is 0.261 e. The average molecular weight is 419 g/mol. The van der Waals surface area contributed by atoms with Gasteiger partial charge in [0.15, 0.2) is 0 Å². The summed E-state index contributed by atoms with van der Waals surface area (Å²) in [6.07, 6.45) is 8.18. The Kier molecular flexibility index (Phi) is 5.34. The van der Waals surface area contributed by atoms with Crippen molar-refractivity contribution in [2.24, 2.45) is 0 Å². The van der Waals surface area contributed by atoms with Crippen LogP contribution in [0.25, 0.3) is 10.9 Å². The van der Waals surface area contributed by atoms with E-state index in [-0.39, 0.29) is 5.56 Å². The molecule has 0 N–H and O–H groups in total. The van der Waals surface area contributed by atoms with Crippen LogP contribution in [0.4, 0.5) is 11.5 Å². The molecule has 7 nitrogen and oxygen atoms in total. The van der Waals surface area contributed by atoms with E-state index in [4.69, 9.17) is 4.98 Å². The third-order valence-corrected chi connectivity index (χ3v) is 6.63. The van der Waals surface area contributed by atoms with Crippen LogP contribution in [0.15, 0.2) is 41.6 Å². The monoisotopic (exact) mass is 418 g/mol. The fraction of sp³-hybridized carbons (Fsp3) is 0.500. The molecule has 2 aromatic heterocycles. The van der Waals surface area contributed by atoms with Crippen molar-refractivity contribution in [2.45, 2.75) is 51.5 Å². The molecule has 0 spiro atoms. The summed E-state index contributed by atoms with van der Waals surface area (Å²) >= 11 is 0. The molecule has 7 heteroatoms. The van der Waals surface area contributed by atoms with E-state index in [0.717, 1.165) is 67.3 Å². The van der Waals surface area contributed by atoms with E-state index in [1.54, 1.807) is 6.33 Å². The van der Waals surface area contributed by atoms with Gasteiger partial charge in [-0.15, -0.1) is 0 Å². The molecular formula is C24H30N6O. The average Bonchev–Trinajstić information content (AvgIpc) is 3.34. The van der Waals surface area contributed by atoms with Crippen molar-refractivity contribution in [1.29, 1.82) is 0 Å². The van der Waals surface area contributed by atoms with Gasteiger partial charge in [0.2, 0.25) is 0 Å². The van der Waals surface area contributed by atoms with E-state index in [9.17, 15) is 4.79 Å². The molecule has 1 saturated carbocycles. The lowest BCUT2D eigenvalue weighted by molar-refractivity contribution is 0.499. The number of benzene rings is 1. The predicted molar refractivity (Wildman–Crippen MR) is 124 cm³/mol. The molecular weight excluding hydrogens is 388 g/mol. The second-order valence-electron chi connectivity index (χ2n) is 9.00. The van der Waals surface area contributed by atoms with Crippen molar-refractivity contribution in [1.82, 2.24) is 19.5 Å². The highest BCUT2D eigenvalue weighted by Gasteiger charge is 2.21. The molecule has 0 atom stereocenters. The molecule has 162 valence electrons. The number of nitrogens with zero attached hydrogens (tertiary/aromatic N) is 6. The quantitative estimate of drug-likeness (QED) is 0.643. The Bertz CT molecular complexity index is 1130. The lowest BCUT2D eigenvalue weighted by atomic mass is 10.1. The SMILES string of the molecule is CC(C)c1nccc(N2CCN(c3ccc4c(=O)n(C5CCCC5)cnc4c3)CC2)n1. The van der Waals surface area contributed by atoms with Crippen LogP contribution in [0.1, 0.15) is 57.3 Å². The Hall–Kier alpha value is -2.96. The Morgan fingerprint density at radius 3 is 2.45 bits per heavy atom. The summed E-state index contributed by atoms with van der Waals surface area (Å²) in [5.41, 5.74) is 2.01. The maximum Gasteiger partial charge on any atom is 0.261 e. The van der Waals surface area contributed by atoms with E-state index in [0.29, 0.717) is 12.0 Å². The molecule has 31 heavy (non-hydrogen) atoms. The minimum atomic E-state index is 0.0954. The molecule has 0 bridgehead atoms. The molecule has 3 heterocycles. The fourth-order valence-electron chi connectivity index (χ4n) is 4.77. The Morgan fingerprint density at radius 1 is 0.968 bits per heavy atom. The zero-order chi connectivity index (χ0) is 21.4. The van der Waals surface area contributed by atoms with Crippen LogP contribution in [0.2, 0.25) is 0 Å². The molecule has 2 aliphatic rings. The van der Waals surface area contributed by atoms with Gasteiger partial charge in [-0.1, -0.05) is 26.7 Å². The summed E-state index contributed by atoms with van der Waals surface area (Å²) in [7, 11) is 0. The van der Waals surface area contributed by atoms with Gasteiger partial charge >= 0.3 is 0 Å². The van der Waals surface area contributed by atoms with E-state index in [1.807, 2.05) is 22.9 Å². The lowest BCUT2D eigenvalue weighted by Gasteiger charge is -2.36. The summed E-state index contributed by atoms with van der Waals surface area (Å²) in [5.74, 6) is 2.22. The summed E-state index contributed by atoms with van der Waals surface area (Å²) < 4.78 is 1.85. The van der Waals surface area contributed by atoms with Gasteiger partial charge in [0, 0.05) is 50.0 Å². The van der Waals surface area contributed by atoms with Crippen molar-refractivity contribution in [3.8, 4) is 0 Å². The summed E-state index contributed by atoms with van der Waals surface area (Å²) in [6, 6.07) is 8.40. The minimum absolute atomic E-state index is 0.0954. The highest BCUT2D eigenvalue weighted by molar-refractivity contribution is 5.81. The van der Waals surface area contributed by atoms with Crippen molar-refractivity contribution in [2.75, 3.05) is 36.0 Å². The Morgan fingerprint density at radius 2 is 1.71 bits per heavy atom. The number of aromatic nitrogens is 4. The van der Waals surface area contributed by atoms with E-state index >= 15 is 0 Å². The van der Waals surface area contributed by atoms with E-state index in [2.05, 4.69) is 45.7 Å². The standard InChI is InChI=1S/C24H30N6O/c1-17(2)23-25-10-9-22(27-23)29-13-11-28(12-14-29)19-7-8-20-21(15-19)26-16-30(24(20)31)18-5-3-4-6-18/h7-10,15-18H,3-6,11-14H2,1-2H3. The molecule has 0 unspecified atom stereocenters.